The van der Waals surface area contributed by atoms with Gasteiger partial charge in [-0.2, -0.15) is 0 Å². The third-order valence-corrected chi connectivity index (χ3v) is 8.91. The molecular formula is C44H78O6. The lowest BCUT2D eigenvalue weighted by Crippen LogP contribution is -2.30. The predicted octanol–water partition coefficient (Wildman–Crippen LogP) is 13.0. The lowest BCUT2D eigenvalue weighted by molar-refractivity contribution is -0.167. The van der Waals surface area contributed by atoms with Crippen molar-refractivity contribution in [3.05, 3.63) is 36.5 Å². The fourth-order valence-corrected chi connectivity index (χ4v) is 5.75. The molecule has 0 aliphatic heterocycles. The highest BCUT2D eigenvalue weighted by molar-refractivity contribution is 5.71. The van der Waals surface area contributed by atoms with Crippen LogP contribution >= 0.6 is 0 Å². The van der Waals surface area contributed by atoms with Crippen molar-refractivity contribution in [3.63, 3.8) is 0 Å². The lowest BCUT2D eigenvalue weighted by atomic mass is 10.1. The molecule has 0 aromatic heterocycles. The summed E-state index contributed by atoms with van der Waals surface area (Å²) in [6.45, 7) is 6.43. The highest BCUT2D eigenvalue weighted by Gasteiger charge is 2.19. The highest BCUT2D eigenvalue weighted by Crippen LogP contribution is 2.14. The molecule has 0 spiro atoms. The van der Waals surface area contributed by atoms with Crippen LogP contribution in [0.3, 0.4) is 0 Å². The van der Waals surface area contributed by atoms with E-state index in [0.717, 1.165) is 96.3 Å². The Morgan fingerprint density at radius 2 is 0.780 bits per heavy atom. The van der Waals surface area contributed by atoms with E-state index in [9.17, 15) is 14.4 Å². The maximum Gasteiger partial charge on any atom is 0.306 e. The van der Waals surface area contributed by atoms with Crippen LogP contribution in [-0.2, 0) is 28.6 Å². The van der Waals surface area contributed by atoms with Crippen LogP contribution < -0.4 is 0 Å². The average Bonchev–Trinajstić information content (AvgIpc) is 3.11. The zero-order chi connectivity index (χ0) is 36.6. The molecule has 6 nitrogen and oxygen atoms in total. The molecule has 1 unspecified atom stereocenters. The van der Waals surface area contributed by atoms with E-state index in [0.29, 0.717) is 19.3 Å². The smallest absolute Gasteiger partial charge is 0.306 e. The van der Waals surface area contributed by atoms with Gasteiger partial charge in [0.25, 0.3) is 0 Å². The number of carbonyl (C=O) groups is 3. The fraction of sp³-hybridized carbons (Fsp3) is 0.795. The summed E-state index contributed by atoms with van der Waals surface area (Å²) in [5.41, 5.74) is 0. The third kappa shape index (κ3) is 36.9. The second kappa shape index (κ2) is 39.4. The van der Waals surface area contributed by atoms with Gasteiger partial charge in [-0.15, -0.1) is 0 Å². The highest BCUT2D eigenvalue weighted by atomic mass is 16.6. The van der Waals surface area contributed by atoms with Crippen molar-refractivity contribution in [3.8, 4) is 0 Å². The van der Waals surface area contributed by atoms with E-state index in [1.165, 1.54) is 70.6 Å². The first kappa shape index (κ1) is 47.6. The summed E-state index contributed by atoms with van der Waals surface area (Å²) >= 11 is 0. The summed E-state index contributed by atoms with van der Waals surface area (Å²) in [7, 11) is 0. The molecule has 0 aromatic carbocycles. The summed E-state index contributed by atoms with van der Waals surface area (Å²) < 4.78 is 16.6. The molecule has 0 saturated carbocycles. The fourth-order valence-electron chi connectivity index (χ4n) is 5.75. The molecule has 50 heavy (non-hydrogen) atoms. The van der Waals surface area contributed by atoms with Gasteiger partial charge in [-0.3, -0.25) is 14.4 Å². The number of hydrogen-bond donors (Lipinski definition) is 0. The Morgan fingerprint density at radius 3 is 1.22 bits per heavy atom. The van der Waals surface area contributed by atoms with E-state index in [2.05, 4.69) is 57.2 Å². The van der Waals surface area contributed by atoms with Crippen molar-refractivity contribution < 1.29 is 28.6 Å². The molecule has 1 atom stereocenters. The first-order chi connectivity index (χ1) is 24.5. The van der Waals surface area contributed by atoms with E-state index in [1.54, 1.807) is 0 Å². The van der Waals surface area contributed by atoms with Gasteiger partial charge >= 0.3 is 17.9 Å². The number of allylic oxidation sites excluding steroid dienone is 6. The molecule has 0 bridgehead atoms. The number of ether oxygens (including phenoxy) is 3. The summed E-state index contributed by atoms with van der Waals surface area (Å²) in [6, 6.07) is 0. The average molecular weight is 703 g/mol. The topological polar surface area (TPSA) is 78.9 Å². The molecule has 0 amide bonds. The Labute approximate surface area is 308 Å². The van der Waals surface area contributed by atoms with Gasteiger partial charge in [0.2, 0.25) is 0 Å². The third-order valence-electron chi connectivity index (χ3n) is 8.91. The van der Waals surface area contributed by atoms with Gasteiger partial charge in [-0.1, -0.05) is 173 Å². The van der Waals surface area contributed by atoms with Crippen LogP contribution in [0.2, 0.25) is 0 Å². The zero-order valence-corrected chi connectivity index (χ0v) is 32.9. The molecule has 0 aromatic rings. The molecule has 0 aliphatic carbocycles. The Morgan fingerprint density at radius 1 is 0.420 bits per heavy atom. The second-order valence-electron chi connectivity index (χ2n) is 13.9. The van der Waals surface area contributed by atoms with Crippen molar-refractivity contribution in [2.75, 3.05) is 13.2 Å². The van der Waals surface area contributed by atoms with Crippen LogP contribution in [0, 0.1) is 0 Å². The van der Waals surface area contributed by atoms with Gasteiger partial charge in [0.05, 0.1) is 0 Å². The molecule has 290 valence electrons. The summed E-state index contributed by atoms with van der Waals surface area (Å²) in [4.78, 5) is 37.4. The van der Waals surface area contributed by atoms with E-state index in [-0.39, 0.29) is 31.1 Å². The zero-order valence-electron chi connectivity index (χ0n) is 32.9. The summed E-state index contributed by atoms with van der Waals surface area (Å²) in [5.74, 6) is -0.905. The Bertz CT molecular complexity index is 861. The molecule has 0 rings (SSSR count). The lowest BCUT2D eigenvalue weighted by Gasteiger charge is -2.18. The summed E-state index contributed by atoms with van der Waals surface area (Å²) in [5, 5.41) is 0. The van der Waals surface area contributed by atoms with Crippen molar-refractivity contribution in [2.45, 2.75) is 213 Å². The van der Waals surface area contributed by atoms with Gasteiger partial charge in [0.15, 0.2) is 6.10 Å². The molecule has 0 heterocycles. The van der Waals surface area contributed by atoms with Crippen molar-refractivity contribution in [1.82, 2.24) is 0 Å². The molecule has 0 saturated heterocycles. The Kier molecular flexibility index (Phi) is 37.5. The van der Waals surface area contributed by atoms with Crippen LogP contribution in [-0.4, -0.2) is 37.2 Å². The molecule has 6 heteroatoms. The normalized spacial score (nSPS) is 12.3. The largest absolute Gasteiger partial charge is 0.462 e. The monoisotopic (exact) mass is 703 g/mol. The van der Waals surface area contributed by atoms with Crippen LogP contribution in [0.15, 0.2) is 36.5 Å². The number of hydrogen-bond acceptors (Lipinski definition) is 6. The van der Waals surface area contributed by atoms with Gasteiger partial charge < -0.3 is 14.2 Å². The van der Waals surface area contributed by atoms with E-state index in [1.807, 2.05) is 0 Å². The standard InChI is InChI=1S/C44H78O6/c1-4-7-10-13-16-18-20-21-22-23-25-26-28-31-34-37-43(46)49-40-41(39-48-42(45)36-33-30-15-12-9-6-3)50-44(47)38-35-32-29-27-24-19-17-14-11-8-5-2/h7,10,16,18,21-22,41H,4-6,8-9,11-15,17,19-20,23-40H2,1-3H3/b10-7-,18-16-,22-21-. The van der Waals surface area contributed by atoms with Gasteiger partial charge in [0.1, 0.15) is 13.2 Å². The van der Waals surface area contributed by atoms with E-state index >= 15 is 0 Å². The quantitative estimate of drug-likeness (QED) is 0.0277. The van der Waals surface area contributed by atoms with Crippen LogP contribution in [0.1, 0.15) is 207 Å². The SMILES string of the molecule is CC/C=C\C/C=C\C/C=C\CCCCCCCC(=O)OCC(COC(=O)CCCCCCCC)OC(=O)CCCCCCCCCCCCC. The second-order valence-corrected chi connectivity index (χ2v) is 13.9. The minimum Gasteiger partial charge on any atom is -0.462 e. The van der Waals surface area contributed by atoms with Gasteiger partial charge in [-0.25, -0.2) is 0 Å². The maximum atomic E-state index is 12.6. The first-order valence-electron chi connectivity index (χ1n) is 21.0. The van der Waals surface area contributed by atoms with Gasteiger partial charge in [-0.05, 0) is 51.4 Å². The number of unbranched alkanes of at least 4 members (excludes halogenated alkanes) is 20. The van der Waals surface area contributed by atoms with Crippen LogP contribution in [0.4, 0.5) is 0 Å². The molecular weight excluding hydrogens is 624 g/mol. The minimum atomic E-state index is -0.769. The molecule has 0 radical (unpaired) electrons. The first-order valence-corrected chi connectivity index (χ1v) is 21.0. The Hall–Kier alpha value is -2.37. The van der Waals surface area contributed by atoms with Crippen molar-refractivity contribution in [2.24, 2.45) is 0 Å². The van der Waals surface area contributed by atoms with Crippen molar-refractivity contribution >= 4 is 17.9 Å². The minimum absolute atomic E-state index is 0.0764. The Balaban J connectivity index is 4.31. The number of rotatable bonds is 37. The maximum absolute atomic E-state index is 12.6. The molecule has 0 aliphatic rings. The predicted molar refractivity (Wildman–Crippen MR) is 210 cm³/mol. The summed E-state index contributed by atoms with van der Waals surface area (Å²) in [6.07, 6.45) is 42.8. The van der Waals surface area contributed by atoms with Crippen molar-refractivity contribution in [1.29, 1.82) is 0 Å². The van der Waals surface area contributed by atoms with Crippen LogP contribution in [0.25, 0.3) is 0 Å². The molecule has 0 fully saturated rings. The van der Waals surface area contributed by atoms with Crippen LogP contribution in [0.5, 0.6) is 0 Å². The number of carbonyl (C=O) groups excluding carboxylic acids is 3. The molecule has 0 N–H and O–H groups in total. The van der Waals surface area contributed by atoms with E-state index in [4.69, 9.17) is 14.2 Å². The number of esters is 3. The van der Waals surface area contributed by atoms with E-state index < -0.39 is 6.10 Å². The van der Waals surface area contributed by atoms with Gasteiger partial charge in [0, 0.05) is 19.3 Å².